The van der Waals surface area contributed by atoms with E-state index < -0.39 is 5.60 Å². The highest BCUT2D eigenvalue weighted by Crippen LogP contribution is 2.28. The van der Waals surface area contributed by atoms with Gasteiger partial charge in [-0.3, -0.25) is 4.99 Å². The fraction of sp³-hybridized carbons (Fsp3) is 0.917. The molecule has 3 nitrogen and oxygen atoms in total. The quantitative estimate of drug-likeness (QED) is 0.730. The Kier molecular flexibility index (Phi) is 3.62. The van der Waals surface area contributed by atoms with Gasteiger partial charge in [0, 0.05) is 19.5 Å². The second-order valence-corrected chi connectivity index (χ2v) is 4.92. The summed E-state index contributed by atoms with van der Waals surface area (Å²) in [5.41, 5.74) is -0.450. The fourth-order valence-corrected chi connectivity index (χ4v) is 2.49. The maximum absolute atomic E-state index is 10.2. The number of amidine groups is 1. The first kappa shape index (κ1) is 10.9. The lowest BCUT2D eigenvalue weighted by molar-refractivity contribution is 0.0523. The summed E-state index contributed by atoms with van der Waals surface area (Å²) in [5.74, 6) is 1.12. The second-order valence-electron chi connectivity index (χ2n) is 4.92. The van der Waals surface area contributed by atoms with Gasteiger partial charge >= 0.3 is 0 Å². The van der Waals surface area contributed by atoms with Gasteiger partial charge in [-0.1, -0.05) is 19.3 Å². The first-order valence-corrected chi connectivity index (χ1v) is 6.28. The van der Waals surface area contributed by atoms with E-state index in [1.54, 1.807) is 0 Å². The zero-order valence-corrected chi connectivity index (χ0v) is 9.47. The van der Waals surface area contributed by atoms with Crippen molar-refractivity contribution in [3.8, 4) is 0 Å². The highest BCUT2D eigenvalue weighted by atomic mass is 16.3. The van der Waals surface area contributed by atoms with Crippen LogP contribution in [0.1, 0.15) is 51.4 Å². The zero-order chi connectivity index (χ0) is 10.6. The van der Waals surface area contributed by atoms with Crippen LogP contribution < -0.4 is 5.32 Å². The molecule has 2 rings (SSSR count). The highest BCUT2D eigenvalue weighted by molar-refractivity contribution is 5.82. The lowest BCUT2D eigenvalue weighted by atomic mass is 10.0. The van der Waals surface area contributed by atoms with Gasteiger partial charge in [0.1, 0.15) is 0 Å². The van der Waals surface area contributed by atoms with Crippen molar-refractivity contribution >= 4 is 5.84 Å². The molecule has 0 radical (unpaired) electrons. The molecule has 0 unspecified atom stereocenters. The van der Waals surface area contributed by atoms with Gasteiger partial charge in [-0.2, -0.15) is 0 Å². The lowest BCUT2D eigenvalue weighted by Gasteiger charge is -2.23. The minimum absolute atomic E-state index is 0.450. The van der Waals surface area contributed by atoms with Crippen LogP contribution in [0.4, 0.5) is 0 Å². The molecular formula is C12H22N2O. The molecule has 0 bridgehead atoms. The van der Waals surface area contributed by atoms with Crippen LogP contribution in [0.5, 0.6) is 0 Å². The minimum Gasteiger partial charge on any atom is -0.388 e. The lowest BCUT2D eigenvalue weighted by Crippen LogP contribution is -2.40. The molecule has 0 aromatic heterocycles. The monoisotopic (exact) mass is 210 g/mol. The first-order chi connectivity index (χ1) is 7.29. The van der Waals surface area contributed by atoms with E-state index >= 15 is 0 Å². The molecule has 0 atom stereocenters. The Morgan fingerprint density at radius 2 is 1.93 bits per heavy atom. The number of nitrogens with one attached hydrogen (secondary N) is 1. The van der Waals surface area contributed by atoms with Gasteiger partial charge in [0.05, 0.1) is 11.4 Å². The molecule has 15 heavy (non-hydrogen) atoms. The third-order valence-corrected chi connectivity index (χ3v) is 3.53. The molecule has 3 heteroatoms. The maximum atomic E-state index is 10.2. The highest BCUT2D eigenvalue weighted by Gasteiger charge is 2.30. The Labute approximate surface area is 92.0 Å². The smallest absolute Gasteiger partial charge is 0.0964 e. The Morgan fingerprint density at radius 3 is 2.73 bits per heavy atom. The summed E-state index contributed by atoms with van der Waals surface area (Å²) in [7, 11) is 0. The fourth-order valence-electron chi connectivity index (χ4n) is 2.49. The predicted octanol–water partition coefficient (Wildman–Crippen LogP) is 1.85. The average Bonchev–Trinajstić information content (AvgIpc) is 2.53. The number of aliphatic imine (C=N–C) groups is 1. The van der Waals surface area contributed by atoms with Crippen molar-refractivity contribution in [3.63, 3.8) is 0 Å². The molecule has 86 valence electrons. The Balaban J connectivity index is 1.78. The van der Waals surface area contributed by atoms with Crippen LogP contribution in [-0.4, -0.2) is 29.6 Å². The van der Waals surface area contributed by atoms with Crippen molar-refractivity contribution in [1.82, 2.24) is 5.32 Å². The molecule has 2 N–H and O–H groups in total. The van der Waals surface area contributed by atoms with E-state index in [0.29, 0.717) is 6.54 Å². The number of hydrogen-bond donors (Lipinski definition) is 2. The molecule has 0 aromatic carbocycles. The molecule has 2 aliphatic rings. The molecule has 0 spiro atoms. The maximum Gasteiger partial charge on any atom is 0.0964 e. The zero-order valence-electron chi connectivity index (χ0n) is 9.47. The molecule has 0 amide bonds. The third-order valence-electron chi connectivity index (χ3n) is 3.53. The third kappa shape index (κ3) is 3.20. The van der Waals surface area contributed by atoms with Crippen LogP contribution in [-0.2, 0) is 0 Å². The summed E-state index contributed by atoms with van der Waals surface area (Å²) in [6.45, 7) is 1.66. The van der Waals surface area contributed by atoms with E-state index in [-0.39, 0.29) is 0 Å². The van der Waals surface area contributed by atoms with Crippen molar-refractivity contribution in [3.05, 3.63) is 0 Å². The molecule has 1 fully saturated rings. The van der Waals surface area contributed by atoms with E-state index in [9.17, 15) is 5.11 Å². The number of nitrogens with zero attached hydrogens (tertiary/aromatic N) is 1. The standard InChI is InChI=1S/C12H22N2O/c15-12(7-3-4-8-12)10-14-11-6-2-1-5-9-13-11/h15H,1-10H2,(H,13,14). The van der Waals surface area contributed by atoms with E-state index in [2.05, 4.69) is 10.3 Å². The van der Waals surface area contributed by atoms with Crippen molar-refractivity contribution in [2.45, 2.75) is 57.0 Å². The van der Waals surface area contributed by atoms with Gasteiger partial charge in [-0.05, 0) is 25.7 Å². The molecule has 0 saturated heterocycles. The minimum atomic E-state index is -0.450. The first-order valence-electron chi connectivity index (χ1n) is 6.28. The second kappa shape index (κ2) is 4.97. The Morgan fingerprint density at radius 1 is 1.13 bits per heavy atom. The van der Waals surface area contributed by atoms with Gasteiger partial charge < -0.3 is 10.4 Å². The summed E-state index contributed by atoms with van der Waals surface area (Å²) in [6.07, 6.45) is 9.06. The van der Waals surface area contributed by atoms with Gasteiger partial charge in [0.25, 0.3) is 0 Å². The number of rotatable bonds is 2. The summed E-state index contributed by atoms with van der Waals surface area (Å²) in [5, 5.41) is 13.5. The van der Waals surface area contributed by atoms with E-state index in [4.69, 9.17) is 0 Å². The summed E-state index contributed by atoms with van der Waals surface area (Å²) < 4.78 is 0. The molecular weight excluding hydrogens is 188 g/mol. The average molecular weight is 210 g/mol. The Hall–Kier alpha value is -0.570. The van der Waals surface area contributed by atoms with Crippen LogP contribution in [0.2, 0.25) is 0 Å². The van der Waals surface area contributed by atoms with Crippen LogP contribution >= 0.6 is 0 Å². The Bertz CT molecular complexity index is 232. The largest absolute Gasteiger partial charge is 0.388 e. The van der Waals surface area contributed by atoms with Crippen LogP contribution in [0.25, 0.3) is 0 Å². The topological polar surface area (TPSA) is 44.6 Å². The van der Waals surface area contributed by atoms with Crippen LogP contribution in [0.15, 0.2) is 4.99 Å². The van der Waals surface area contributed by atoms with Gasteiger partial charge in [-0.15, -0.1) is 0 Å². The van der Waals surface area contributed by atoms with Crippen LogP contribution in [0.3, 0.4) is 0 Å². The van der Waals surface area contributed by atoms with Gasteiger partial charge in [0.15, 0.2) is 0 Å². The number of aliphatic hydroxyl groups is 1. The van der Waals surface area contributed by atoms with Gasteiger partial charge in [-0.25, -0.2) is 0 Å². The molecule has 1 aliphatic heterocycles. The van der Waals surface area contributed by atoms with E-state index in [0.717, 1.165) is 31.6 Å². The van der Waals surface area contributed by atoms with E-state index in [1.165, 1.54) is 32.1 Å². The van der Waals surface area contributed by atoms with Crippen LogP contribution in [0, 0.1) is 0 Å². The van der Waals surface area contributed by atoms with Crippen molar-refractivity contribution in [2.75, 3.05) is 13.1 Å². The summed E-state index contributed by atoms with van der Waals surface area (Å²) in [4.78, 5) is 4.51. The molecule has 1 aliphatic carbocycles. The molecule has 1 saturated carbocycles. The van der Waals surface area contributed by atoms with E-state index in [1.807, 2.05) is 0 Å². The summed E-state index contributed by atoms with van der Waals surface area (Å²) in [6, 6.07) is 0. The summed E-state index contributed by atoms with van der Waals surface area (Å²) >= 11 is 0. The number of hydrogen-bond acceptors (Lipinski definition) is 3. The van der Waals surface area contributed by atoms with Crippen molar-refractivity contribution in [1.29, 1.82) is 0 Å². The van der Waals surface area contributed by atoms with Gasteiger partial charge in [0.2, 0.25) is 0 Å². The normalized spacial score (nSPS) is 25.8. The molecule has 0 aromatic rings. The molecule has 1 heterocycles. The predicted molar refractivity (Wildman–Crippen MR) is 62.2 cm³/mol. The van der Waals surface area contributed by atoms with Crippen molar-refractivity contribution < 1.29 is 5.11 Å². The SMILES string of the molecule is OC1(CNC2=NCCCCC2)CCCC1. The van der Waals surface area contributed by atoms with Crippen molar-refractivity contribution in [2.24, 2.45) is 4.99 Å².